The highest BCUT2D eigenvalue weighted by atomic mass is 31.1. The number of nitrogens with two attached hydrogens (primary N) is 1. The minimum Gasteiger partial charge on any atom is -0.390 e. The van der Waals surface area contributed by atoms with Crippen LogP contribution in [0.25, 0.3) is 11.2 Å². The maximum Gasteiger partial charge on any atom is 0.694 e. The van der Waals surface area contributed by atoms with Gasteiger partial charge in [0, 0.05) is 11.0 Å². The first-order valence-corrected chi connectivity index (χ1v) is 7.43. The molecular formula is C10H13N5O6P+. The molecule has 5 N–H and O–H groups in total. The summed E-state index contributed by atoms with van der Waals surface area (Å²) in [6.45, 7) is -0.230. The van der Waals surface area contributed by atoms with E-state index in [1.807, 2.05) is 0 Å². The second-order valence-corrected chi connectivity index (χ2v) is 5.47. The molecule has 2 aromatic heterocycles. The normalized spacial score (nSPS) is 25.7. The molecule has 4 atom stereocenters. The smallest absolute Gasteiger partial charge is 0.390 e. The molecular weight excluding hydrogens is 317 g/mol. The van der Waals surface area contributed by atoms with Gasteiger partial charge in [-0.2, -0.15) is 4.98 Å². The molecule has 22 heavy (non-hydrogen) atoms. The topological polar surface area (TPSA) is 166 Å². The number of nitrogens with zero attached hydrogens (tertiary/aromatic N) is 3. The second kappa shape index (κ2) is 5.71. The third-order valence-corrected chi connectivity index (χ3v) is 3.68. The van der Waals surface area contributed by atoms with Gasteiger partial charge in [0.1, 0.15) is 18.9 Å². The number of ether oxygens (including phenoxy) is 1. The first-order chi connectivity index (χ1) is 10.5. The second-order valence-electron chi connectivity index (χ2n) is 4.74. The van der Waals surface area contributed by atoms with E-state index in [-0.39, 0.29) is 30.1 Å². The van der Waals surface area contributed by atoms with Crippen molar-refractivity contribution in [3.05, 3.63) is 16.7 Å². The van der Waals surface area contributed by atoms with Gasteiger partial charge in [0.05, 0.1) is 12.4 Å². The van der Waals surface area contributed by atoms with Crippen molar-refractivity contribution in [2.75, 3.05) is 12.3 Å². The number of nitrogens with one attached hydrogen (secondary N) is 1. The van der Waals surface area contributed by atoms with Crippen molar-refractivity contribution in [2.24, 2.45) is 0 Å². The van der Waals surface area contributed by atoms with E-state index in [0.717, 1.165) is 0 Å². The van der Waals surface area contributed by atoms with Crippen LogP contribution in [-0.2, 0) is 13.8 Å². The standard InChI is InChI=1S/C10H12N5O6P/c11-10-13-8-7(9(17)14-10)12-3-15(8)6-1-4(16)5(21-6)2-20-22(18)19/h3-6,16H,1-2H2,(H3-,11,13,14,17,18,19)/p+1. The zero-order valence-corrected chi connectivity index (χ0v) is 12.0. The third kappa shape index (κ3) is 2.72. The zero-order chi connectivity index (χ0) is 15.9. The van der Waals surface area contributed by atoms with Crippen LogP contribution in [0.2, 0.25) is 0 Å². The Bertz CT molecular complexity index is 775. The molecule has 12 heteroatoms. The molecule has 1 aliphatic rings. The third-order valence-electron chi connectivity index (χ3n) is 3.31. The number of hydrogen-bond acceptors (Lipinski definition) is 8. The van der Waals surface area contributed by atoms with Gasteiger partial charge in [0.25, 0.3) is 5.56 Å². The predicted molar refractivity (Wildman–Crippen MR) is 72.9 cm³/mol. The number of fused-ring (bicyclic) bond motifs is 1. The Morgan fingerprint density at radius 1 is 1.64 bits per heavy atom. The summed E-state index contributed by atoms with van der Waals surface area (Å²) in [4.78, 5) is 30.6. The summed E-state index contributed by atoms with van der Waals surface area (Å²) >= 11 is 0. The Kier molecular flexibility index (Phi) is 3.89. The van der Waals surface area contributed by atoms with Gasteiger partial charge in [-0.25, -0.2) is 4.98 Å². The van der Waals surface area contributed by atoms with Crippen LogP contribution < -0.4 is 11.3 Å². The van der Waals surface area contributed by atoms with Crippen LogP contribution in [0.3, 0.4) is 0 Å². The number of aliphatic hydroxyl groups excluding tert-OH is 1. The summed E-state index contributed by atoms with van der Waals surface area (Å²) in [6.07, 6.45) is -0.751. The summed E-state index contributed by atoms with van der Waals surface area (Å²) in [7, 11) is -2.77. The van der Waals surface area contributed by atoms with Gasteiger partial charge in [-0.15, -0.1) is 9.42 Å². The highest BCUT2D eigenvalue weighted by Gasteiger charge is 2.38. The molecule has 0 amide bonds. The number of hydrogen-bond donors (Lipinski definition) is 4. The summed E-state index contributed by atoms with van der Waals surface area (Å²) < 4.78 is 22.1. The number of aliphatic hydroxyl groups is 1. The van der Waals surface area contributed by atoms with Crippen molar-refractivity contribution < 1.29 is 23.8 Å². The fourth-order valence-corrected chi connectivity index (χ4v) is 2.60. The molecule has 1 saturated heterocycles. The molecule has 118 valence electrons. The fourth-order valence-electron chi connectivity index (χ4n) is 2.33. The Balaban J connectivity index is 1.86. The van der Waals surface area contributed by atoms with E-state index in [1.165, 1.54) is 10.9 Å². The largest absolute Gasteiger partial charge is 0.694 e. The van der Waals surface area contributed by atoms with E-state index >= 15 is 0 Å². The molecule has 1 aliphatic heterocycles. The van der Waals surface area contributed by atoms with Crippen LogP contribution in [0.5, 0.6) is 0 Å². The molecule has 4 unspecified atom stereocenters. The number of anilines is 1. The summed E-state index contributed by atoms with van der Waals surface area (Å²) in [5.74, 6) is -0.0602. The van der Waals surface area contributed by atoms with Crippen LogP contribution in [0.1, 0.15) is 12.6 Å². The molecule has 11 nitrogen and oxygen atoms in total. The van der Waals surface area contributed by atoms with Crippen molar-refractivity contribution in [1.82, 2.24) is 19.5 Å². The Labute approximate surface area is 123 Å². The summed E-state index contributed by atoms with van der Waals surface area (Å²) in [5, 5.41) is 9.92. The quantitative estimate of drug-likeness (QED) is 0.515. The number of rotatable bonds is 4. The first kappa shape index (κ1) is 15.0. The number of H-pyrrole nitrogens is 1. The molecule has 0 saturated carbocycles. The molecule has 0 aliphatic carbocycles. The maximum absolute atomic E-state index is 11.7. The number of imidazole rings is 1. The van der Waals surface area contributed by atoms with Gasteiger partial charge in [-0.1, -0.05) is 0 Å². The number of aromatic nitrogens is 4. The van der Waals surface area contributed by atoms with Gasteiger partial charge in [-0.3, -0.25) is 14.3 Å². The fraction of sp³-hybridized carbons (Fsp3) is 0.500. The van der Waals surface area contributed by atoms with Crippen molar-refractivity contribution in [3.8, 4) is 0 Å². The van der Waals surface area contributed by atoms with Gasteiger partial charge in [-0.05, 0) is 0 Å². The molecule has 3 rings (SSSR count). The monoisotopic (exact) mass is 330 g/mol. The molecule has 3 heterocycles. The van der Waals surface area contributed by atoms with Gasteiger partial charge in [0.15, 0.2) is 11.2 Å². The molecule has 0 aromatic carbocycles. The lowest BCUT2D eigenvalue weighted by atomic mass is 10.2. The van der Waals surface area contributed by atoms with Crippen LogP contribution in [0.4, 0.5) is 5.95 Å². The van der Waals surface area contributed by atoms with Gasteiger partial charge in [0.2, 0.25) is 5.95 Å². The van der Waals surface area contributed by atoms with Crippen molar-refractivity contribution in [2.45, 2.75) is 24.9 Å². The van der Waals surface area contributed by atoms with Crippen molar-refractivity contribution >= 4 is 25.4 Å². The Hall–Kier alpha value is -1.91. The highest BCUT2D eigenvalue weighted by Crippen LogP contribution is 2.31. The Morgan fingerprint density at radius 2 is 2.41 bits per heavy atom. The molecule has 2 aromatic rings. The average Bonchev–Trinajstić information content (AvgIpc) is 3.00. The van der Waals surface area contributed by atoms with Crippen LogP contribution in [0, 0.1) is 0 Å². The number of nitrogen functional groups attached to an aromatic ring is 1. The van der Waals surface area contributed by atoms with E-state index in [4.69, 9.17) is 15.4 Å². The van der Waals surface area contributed by atoms with Crippen LogP contribution >= 0.6 is 8.25 Å². The molecule has 0 bridgehead atoms. The van der Waals surface area contributed by atoms with E-state index < -0.39 is 32.2 Å². The molecule has 0 radical (unpaired) electrons. The van der Waals surface area contributed by atoms with Crippen molar-refractivity contribution in [1.29, 1.82) is 0 Å². The first-order valence-electron chi connectivity index (χ1n) is 6.30. The molecule has 1 fully saturated rings. The lowest BCUT2D eigenvalue weighted by Crippen LogP contribution is -2.25. The highest BCUT2D eigenvalue weighted by molar-refractivity contribution is 7.32. The summed E-state index contributed by atoms with van der Waals surface area (Å²) in [5.41, 5.74) is 5.37. The van der Waals surface area contributed by atoms with Crippen LogP contribution in [-0.4, -0.2) is 48.3 Å². The van der Waals surface area contributed by atoms with E-state index in [9.17, 15) is 14.5 Å². The van der Waals surface area contributed by atoms with Gasteiger partial charge < -0.3 is 15.6 Å². The predicted octanol–water partition coefficient (Wildman–Crippen LogP) is -0.984. The number of aromatic amines is 1. The van der Waals surface area contributed by atoms with E-state index in [0.29, 0.717) is 0 Å². The van der Waals surface area contributed by atoms with Gasteiger partial charge >= 0.3 is 8.25 Å². The summed E-state index contributed by atoms with van der Waals surface area (Å²) in [6, 6.07) is 0. The zero-order valence-electron chi connectivity index (χ0n) is 11.1. The minimum atomic E-state index is -2.77. The Morgan fingerprint density at radius 3 is 3.14 bits per heavy atom. The SMILES string of the molecule is Nc1nc2c(ncn2C2CC(O)C(CO[P+](=O)O)O2)c(=O)[nH]1. The molecule has 0 spiro atoms. The van der Waals surface area contributed by atoms with E-state index in [2.05, 4.69) is 19.5 Å². The minimum absolute atomic E-state index is 0.0602. The van der Waals surface area contributed by atoms with E-state index in [1.54, 1.807) is 0 Å². The van der Waals surface area contributed by atoms with Crippen molar-refractivity contribution in [3.63, 3.8) is 0 Å². The maximum atomic E-state index is 11.7. The average molecular weight is 330 g/mol. The lowest BCUT2D eigenvalue weighted by Gasteiger charge is -2.13. The van der Waals surface area contributed by atoms with Crippen LogP contribution in [0.15, 0.2) is 11.1 Å². The lowest BCUT2D eigenvalue weighted by molar-refractivity contribution is -0.0384.